The fourth-order valence-electron chi connectivity index (χ4n) is 4.10. The van der Waals surface area contributed by atoms with Crippen LogP contribution >= 0.6 is 0 Å². The highest BCUT2D eigenvalue weighted by Crippen LogP contribution is 2.44. The molecule has 1 saturated carbocycles. The summed E-state index contributed by atoms with van der Waals surface area (Å²) in [6.45, 7) is 3.45. The highest BCUT2D eigenvalue weighted by Gasteiger charge is 2.35. The monoisotopic (exact) mass is 290 g/mol. The Kier molecular flexibility index (Phi) is 4.60. The summed E-state index contributed by atoms with van der Waals surface area (Å²) in [4.78, 5) is 2.42. The van der Waals surface area contributed by atoms with Gasteiger partial charge in [0.15, 0.2) is 0 Å². The van der Waals surface area contributed by atoms with Gasteiger partial charge < -0.3 is 5.73 Å². The van der Waals surface area contributed by atoms with Gasteiger partial charge in [0.25, 0.3) is 0 Å². The molecule has 3 heteroatoms. The van der Waals surface area contributed by atoms with Crippen LogP contribution in [-0.2, 0) is 13.1 Å². The highest BCUT2D eigenvalue weighted by atomic mass is 19.1. The standard InChI is InChI=1S/C18H27FN2/c19-17-5-4-15(13-20)12-16(17)14-21-10-8-18(9-11-21)6-2-1-3-7-18/h4-5,12H,1-3,6-11,13-14,20H2. The molecule has 3 rings (SSSR count). The van der Waals surface area contributed by atoms with E-state index in [-0.39, 0.29) is 5.82 Å². The summed E-state index contributed by atoms with van der Waals surface area (Å²) in [5, 5.41) is 0. The maximum absolute atomic E-state index is 13.9. The summed E-state index contributed by atoms with van der Waals surface area (Å²) in [5.74, 6) is -0.0925. The SMILES string of the molecule is NCc1ccc(F)c(CN2CCC3(CCCCC3)CC2)c1. The van der Waals surface area contributed by atoms with Gasteiger partial charge in [-0.2, -0.15) is 0 Å². The molecule has 0 bridgehead atoms. The molecule has 1 aliphatic heterocycles. The molecule has 1 aromatic carbocycles. The van der Waals surface area contributed by atoms with Crippen molar-refractivity contribution in [1.29, 1.82) is 0 Å². The second-order valence-corrected chi connectivity index (χ2v) is 6.97. The predicted molar refractivity (Wildman–Crippen MR) is 84.3 cm³/mol. The van der Waals surface area contributed by atoms with Crippen molar-refractivity contribution in [3.63, 3.8) is 0 Å². The third kappa shape index (κ3) is 3.46. The Morgan fingerprint density at radius 3 is 2.43 bits per heavy atom. The zero-order chi connectivity index (χ0) is 14.7. The van der Waals surface area contributed by atoms with Crippen LogP contribution in [0.25, 0.3) is 0 Å². The zero-order valence-corrected chi connectivity index (χ0v) is 12.9. The van der Waals surface area contributed by atoms with Crippen LogP contribution in [0.2, 0.25) is 0 Å². The Morgan fingerprint density at radius 1 is 1.05 bits per heavy atom. The lowest BCUT2D eigenvalue weighted by Crippen LogP contribution is -2.40. The molecular formula is C18H27FN2. The van der Waals surface area contributed by atoms with Gasteiger partial charge in [-0.15, -0.1) is 0 Å². The third-order valence-corrected chi connectivity index (χ3v) is 5.57. The van der Waals surface area contributed by atoms with Gasteiger partial charge in [-0.05, 0) is 55.8 Å². The zero-order valence-electron chi connectivity index (χ0n) is 12.9. The lowest BCUT2D eigenvalue weighted by atomic mass is 9.68. The topological polar surface area (TPSA) is 29.3 Å². The molecule has 2 nitrogen and oxygen atoms in total. The number of rotatable bonds is 3. The van der Waals surface area contributed by atoms with Crippen LogP contribution in [0.4, 0.5) is 4.39 Å². The largest absolute Gasteiger partial charge is 0.326 e. The summed E-state index contributed by atoms with van der Waals surface area (Å²) in [6, 6.07) is 5.27. The molecule has 1 saturated heterocycles. The predicted octanol–water partition coefficient (Wildman–Crippen LogP) is 3.83. The van der Waals surface area contributed by atoms with Gasteiger partial charge in [-0.1, -0.05) is 31.4 Å². The van der Waals surface area contributed by atoms with Crippen molar-refractivity contribution in [1.82, 2.24) is 4.90 Å². The summed E-state index contributed by atoms with van der Waals surface area (Å²) in [5.41, 5.74) is 8.10. The van der Waals surface area contributed by atoms with Crippen molar-refractivity contribution >= 4 is 0 Å². The lowest BCUT2D eigenvalue weighted by molar-refractivity contribution is 0.0636. The molecule has 0 atom stereocenters. The van der Waals surface area contributed by atoms with E-state index in [4.69, 9.17) is 5.73 Å². The summed E-state index contributed by atoms with van der Waals surface area (Å²) >= 11 is 0. The first-order valence-corrected chi connectivity index (χ1v) is 8.41. The second-order valence-electron chi connectivity index (χ2n) is 6.97. The number of nitrogens with two attached hydrogens (primary N) is 1. The van der Waals surface area contributed by atoms with Crippen LogP contribution < -0.4 is 5.73 Å². The minimum atomic E-state index is -0.0925. The smallest absolute Gasteiger partial charge is 0.127 e. The fraction of sp³-hybridized carbons (Fsp3) is 0.667. The van der Waals surface area contributed by atoms with Gasteiger partial charge in [0, 0.05) is 18.7 Å². The first-order valence-electron chi connectivity index (χ1n) is 8.41. The average molecular weight is 290 g/mol. The molecule has 1 spiro atoms. The lowest BCUT2D eigenvalue weighted by Gasteiger charge is -2.44. The Bertz CT molecular complexity index is 470. The van der Waals surface area contributed by atoms with Gasteiger partial charge in [0.05, 0.1) is 0 Å². The van der Waals surface area contributed by atoms with Crippen LogP contribution in [0.3, 0.4) is 0 Å². The molecule has 1 aromatic rings. The average Bonchev–Trinajstić information content (AvgIpc) is 2.53. The molecule has 1 heterocycles. The molecule has 2 fully saturated rings. The van der Waals surface area contributed by atoms with Crippen molar-refractivity contribution < 1.29 is 4.39 Å². The third-order valence-electron chi connectivity index (χ3n) is 5.57. The number of halogens is 1. The summed E-state index contributed by atoms with van der Waals surface area (Å²) in [7, 11) is 0. The van der Waals surface area contributed by atoms with Gasteiger partial charge >= 0.3 is 0 Å². The van der Waals surface area contributed by atoms with Crippen LogP contribution in [0.5, 0.6) is 0 Å². The van der Waals surface area contributed by atoms with Gasteiger partial charge in [-0.3, -0.25) is 4.90 Å². The fourth-order valence-corrected chi connectivity index (χ4v) is 4.10. The second kappa shape index (κ2) is 6.45. The van der Waals surface area contributed by atoms with Crippen molar-refractivity contribution in [3.05, 3.63) is 35.1 Å². The van der Waals surface area contributed by atoms with Crippen molar-refractivity contribution in [2.24, 2.45) is 11.1 Å². The molecule has 116 valence electrons. The normalized spacial score (nSPS) is 22.6. The van der Waals surface area contributed by atoms with E-state index in [0.29, 0.717) is 12.0 Å². The number of hydrogen-bond donors (Lipinski definition) is 1. The van der Waals surface area contributed by atoms with E-state index >= 15 is 0 Å². The van der Waals surface area contributed by atoms with Crippen LogP contribution in [0, 0.1) is 11.2 Å². The Hall–Kier alpha value is -0.930. The molecule has 1 aliphatic carbocycles. The van der Waals surface area contributed by atoms with Gasteiger partial charge in [-0.25, -0.2) is 4.39 Å². The van der Waals surface area contributed by atoms with Crippen molar-refractivity contribution in [3.8, 4) is 0 Å². The maximum atomic E-state index is 13.9. The van der Waals surface area contributed by atoms with E-state index in [9.17, 15) is 4.39 Å². The van der Waals surface area contributed by atoms with Gasteiger partial charge in [0.1, 0.15) is 5.82 Å². The quantitative estimate of drug-likeness (QED) is 0.916. The van der Waals surface area contributed by atoms with Crippen molar-refractivity contribution in [2.75, 3.05) is 13.1 Å². The number of benzene rings is 1. The Morgan fingerprint density at radius 2 is 1.76 bits per heavy atom. The van der Waals surface area contributed by atoms with E-state index in [0.717, 1.165) is 30.8 Å². The molecular weight excluding hydrogens is 263 g/mol. The first-order chi connectivity index (χ1) is 10.2. The molecule has 0 aromatic heterocycles. The minimum Gasteiger partial charge on any atom is -0.326 e. The number of piperidine rings is 1. The van der Waals surface area contributed by atoms with E-state index in [1.54, 1.807) is 12.1 Å². The minimum absolute atomic E-state index is 0.0925. The summed E-state index contributed by atoms with van der Waals surface area (Å²) < 4.78 is 13.9. The number of hydrogen-bond acceptors (Lipinski definition) is 2. The molecule has 0 amide bonds. The molecule has 2 aliphatic rings. The van der Waals surface area contributed by atoms with E-state index in [1.165, 1.54) is 44.9 Å². The molecule has 21 heavy (non-hydrogen) atoms. The van der Waals surface area contributed by atoms with Crippen LogP contribution in [0.1, 0.15) is 56.1 Å². The van der Waals surface area contributed by atoms with Crippen molar-refractivity contribution in [2.45, 2.75) is 58.0 Å². The highest BCUT2D eigenvalue weighted by molar-refractivity contribution is 5.25. The Labute approximate surface area is 127 Å². The van der Waals surface area contributed by atoms with E-state index in [1.807, 2.05) is 6.07 Å². The van der Waals surface area contributed by atoms with Crippen LogP contribution in [-0.4, -0.2) is 18.0 Å². The first kappa shape index (κ1) is 15.0. The van der Waals surface area contributed by atoms with E-state index < -0.39 is 0 Å². The number of likely N-dealkylation sites (tertiary alicyclic amines) is 1. The van der Waals surface area contributed by atoms with Crippen LogP contribution in [0.15, 0.2) is 18.2 Å². The molecule has 0 radical (unpaired) electrons. The number of nitrogens with zero attached hydrogens (tertiary/aromatic N) is 1. The molecule has 2 N–H and O–H groups in total. The Balaban J connectivity index is 1.60. The molecule has 0 unspecified atom stereocenters. The van der Waals surface area contributed by atoms with Gasteiger partial charge in [0.2, 0.25) is 0 Å². The van der Waals surface area contributed by atoms with E-state index in [2.05, 4.69) is 4.90 Å². The summed E-state index contributed by atoms with van der Waals surface area (Å²) in [6.07, 6.45) is 9.66. The maximum Gasteiger partial charge on any atom is 0.127 e.